The summed E-state index contributed by atoms with van der Waals surface area (Å²) in [6.45, 7) is 4.24. The van der Waals surface area contributed by atoms with Crippen LogP contribution >= 0.6 is 0 Å². The van der Waals surface area contributed by atoms with E-state index in [1.54, 1.807) is 11.0 Å². The molecule has 7 heteroatoms. The van der Waals surface area contributed by atoms with Crippen molar-refractivity contribution in [3.8, 4) is 0 Å². The zero-order valence-electron chi connectivity index (χ0n) is 17.4. The molecule has 0 bridgehead atoms. The number of halogens is 1. The summed E-state index contributed by atoms with van der Waals surface area (Å²) in [6.07, 6.45) is 5.80. The number of benzene rings is 1. The molecule has 4 fully saturated rings. The van der Waals surface area contributed by atoms with Gasteiger partial charge in [-0.15, -0.1) is 0 Å². The second-order valence-corrected chi connectivity index (χ2v) is 9.18. The fraction of sp³-hybridized carbons (Fsp3) is 0.652. The van der Waals surface area contributed by atoms with Crippen LogP contribution in [0.15, 0.2) is 18.2 Å². The molecule has 0 aromatic heterocycles. The van der Waals surface area contributed by atoms with Crippen molar-refractivity contribution in [2.24, 2.45) is 5.41 Å². The summed E-state index contributed by atoms with van der Waals surface area (Å²) < 4.78 is 20.5. The molecule has 0 unspecified atom stereocenters. The largest absolute Gasteiger partial charge is 0.381 e. The van der Waals surface area contributed by atoms with Crippen molar-refractivity contribution in [1.29, 1.82) is 0 Å². The number of likely N-dealkylation sites (tertiary alicyclic amines) is 1. The first-order valence-electron chi connectivity index (χ1n) is 11.3. The highest BCUT2D eigenvalue weighted by molar-refractivity contribution is 5.95. The van der Waals surface area contributed by atoms with E-state index in [2.05, 4.69) is 4.90 Å². The standard InChI is InChI=1S/C23H30FN3O3/c24-19-15-18(26-11-1-3-21(26)28)4-5-20(19)25-10-2-8-23(16-25)9-12-27(22(23)29)17-6-13-30-14-7-17/h4-5,15,17H,1-3,6-14,16H2/t23-/m1/s1. The van der Waals surface area contributed by atoms with Crippen molar-refractivity contribution >= 4 is 23.2 Å². The van der Waals surface area contributed by atoms with Gasteiger partial charge in [0.15, 0.2) is 0 Å². The van der Waals surface area contributed by atoms with E-state index in [1.807, 2.05) is 11.0 Å². The summed E-state index contributed by atoms with van der Waals surface area (Å²) in [5, 5.41) is 0. The number of nitrogens with zero attached hydrogens (tertiary/aromatic N) is 3. The maximum Gasteiger partial charge on any atom is 0.230 e. The molecule has 1 aromatic rings. The fourth-order valence-electron chi connectivity index (χ4n) is 5.75. The quantitative estimate of drug-likeness (QED) is 0.762. The summed E-state index contributed by atoms with van der Waals surface area (Å²) in [6, 6.07) is 5.39. The molecular weight excluding hydrogens is 385 g/mol. The molecule has 5 rings (SSSR count). The predicted molar refractivity (Wildman–Crippen MR) is 112 cm³/mol. The number of piperidine rings is 1. The number of hydrogen-bond acceptors (Lipinski definition) is 4. The molecule has 6 nitrogen and oxygen atoms in total. The van der Waals surface area contributed by atoms with Crippen molar-refractivity contribution in [1.82, 2.24) is 4.90 Å². The number of carbonyl (C=O) groups is 2. The molecule has 162 valence electrons. The first-order chi connectivity index (χ1) is 14.6. The van der Waals surface area contributed by atoms with E-state index in [0.29, 0.717) is 30.9 Å². The summed E-state index contributed by atoms with van der Waals surface area (Å²) >= 11 is 0. The Labute approximate surface area is 176 Å². The van der Waals surface area contributed by atoms with Crippen LogP contribution in [0.4, 0.5) is 15.8 Å². The second-order valence-electron chi connectivity index (χ2n) is 9.18. The van der Waals surface area contributed by atoms with Crippen LogP contribution in [0.5, 0.6) is 0 Å². The highest BCUT2D eigenvalue weighted by Gasteiger charge is 2.50. The lowest BCUT2D eigenvalue weighted by Crippen LogP contribution is -2.50. The van der Waals surface area contributed by atoms with Crippen LogP contribution in [0.2, 0.25) is 0 Å². The van der Waals surface area contributed by atoms with Crippen molar-refractivity contribution < 1.29 is 18.7 Å². The molecule has 0 saturated carbocycles. The lowest BCUT2D eigenvalue weighted by atomic mass is 9.78. The van der Waals surface area contributed by atoms with E-state index in [1.165, 1.54) is 6.07 Å². The van der Waals surface area contributed by atoms with Crippen molar-refractivity contribution in [2.75, 3.05) is 49.2 Å². The van der Waals surface area contributed by atoms with E-state index in [9.17, 15) is 9.59 Å². The Kier molecular flexibility index (Phi) is 5.17. The van der Waals surface area contributed by atoms with E-state index in [0.717, 1.165) is 64.8 Å². The lowest BCUT2D eigenvalue weighted by molar-refractivity contribution is -0.139. The predicted octanol–water partition coefficient (Wildman–Crippen LogP) is 2.95. The lowest BCUT2D eigenvalue weighted by Gasteiger charge is -2.41. The third-order valence-electron chi connectivity index (χ3n) is 7.41. The van der Waals surface area contributed by atoms with Crippen LogP contribution in [-0.4, -0.2) is 62.1 Å². The van der Waals surface area contributed by atoms with Gasteiger partial charge in [0.25, 0.3) is 0 Å². The Balaban J connectivity index is 1.33. The van der Waals surface area contributed by atoms with Gasteiger partial charge in [-0.05, 0) is 56.7 Å². The highest BCUT2D eigenvalue weighted by atomic mass is 19.1. The summed E-state index contributed by atoms with van der Waals surface area (Å²) in [7, 11) is 0. The van der Waals surface area contributed by atoms with Gasteiger partial charge in [0, 0.05) is 57.5 Å². The highest BCUT2D eigenvalue weighted by Crippen LogP contribution is 2.43. The van der Waals surface area contributed by atoms with Crippen LogP contribution in [0.25, 0.3) is 0 Å². The molecule has 4 heterocycles. The Bertz CT molecular complexity index is 841. The van der Waals surface area contributed by atoms with Gasteiger partial charge in [-0.25, -0.2) is 4.39 Å². The number of carbonyl (C=O) groups excluding carboxylic acids is 2. The average Bonchev–Trinajstić information content (AvgIpc) is 3.32. The van der Waals surface area contributed by atoms with Crippen LogP contribution in [-0.2, 0) is 14.3 Å². The number of ether oxygens (including phenoxy) is 1. The summed E-state index contributed by atoms with van der Waals surface area (Å²) in [5.74, 6) is -0.00129. The molecular formula is C23H30FN3O3. The molecule has 0 radical (unpaired) electrons. The molecule has 0 aliphatic carbocycles. The first kappa shape index (κ1) is 19.8. The number of amides is 2. The second kappa shape index (κ2) is 7.84. The van der Waals surface area contributed by atoms with Crippen LogP contribution in [0.3, 0.4) is 0 Å². The minimum Gasteiger partial charge on any atom is -0.381 e. The summed E-state index contributed by atoms with van der Waals surface area (Å²) in [5.41, 5.74) is 0.780. The number of rotatable bonds is 3. The maximum absolute atomic E-state index is 15.1. The minimum atomic E-state index is -0.396. The third-order valence-corrected chi connectivity index (χ3v) is 7.41. The Morgan fingerprint density at radius 3 is 2.60 bits per heavy atom. The molecule has 30 heavy (non-hydrogen) atoms. The Hall–Kier alpha value is -2.15. The Morgan fingerprint density at radius 1 is 1.03 bits per heavy atom. The van der Waals surface area contributed by atoms with Gasteiger partial charge in [0.2, 0.25) is 11.8 Å². The molecule has 1 aromatic carbocycles. The van der Waals surface area contributed by atoms with Gasteiger partial charge in [-0.2, -0.15) is 0 Å². The topological polar surface area (TPSA) is 53.1 Å². The maximum atomic E-state index is 15.1. The fourth-order valence-corrected chi connectivity index (χ4v) is 5.75. The van der Waals surface area contributed by atoms with Gasteiger partial charge >= 0.3 is 0 Å². The number of hydrogen-bond donors (Lipinski definition) is 0. The van der Waals surface area contributed by atoms with E-state index >= 15 is 4.39 Å². The van der Waals surface area contributed by atoms with Crippen molar-refractivity contribution in [3.63, 3.8) is 0 Å². The van der Waals surface area contributed by atoms with Gasteiger partial charge in [-0.1, -0.05) is 0 Å². The first-order valence-corrected chi connectivity index (χ1v) is 11.3. The molecule has 4 aliphatic rings. The van der Waals surface area contributed by atoms with Gasteiger partial charge in [0.05, 0.1) is 11.1 Å². The number of anilines is 2. The smallest absolute Gasteiger partial charge is 0.230 e. The molecule has 0 N–H and O–H groups in total. The van der Waals surface area contributed by atoms with E-state index in [-0.39, 0.29) is 23.7 Å². The average molecular weight is 416 g/mol. The van der Waals surface area contributed by atoms with Gasteiger partial charge in [0.1, 0.15) is 5.82 Å². The third kappa shape index (κ3) is 3.37. The minimum absolute atomic E-state index is 0.0591. The van der Waals surface area contributed by atoms with Crippen LogP contribution in [0, 0.1) is 11.2 Å². The zero-order chi connectivity index (χ0) is 20.7. The van der Waals surface area contributed by atoms with Crippen molar-refractivity contribution in [3.05, 3.63) is 24.0 Å². The zero-order valence-corrected chi connectivity index (χ0v) is 17.4. The van der Waals surface area contributed by atoms with Crippen molar-refractivity contribution in [2.45, 2.75) is 51.0 Å². The Morgan fingerprint density at radius 2 is 1.87 bits per heavy atom. The van der Waals surface area contributed by atoms with Crippen LogP contribution in [0.1, 0.15) is 44.9 Å². The van der Waals surface area contributed by atoms with E-state index in [4.69, 9.17) is 4.74 Å². The normalized spacial score (nSPS) is 28.2. The molecule has 1 spiro atoms. The SMILES string of the molecule is O=C1CCCN1c1ccc(N2CCC[C@@]3(CCN(C4CCOCC4)C3=O)C2)c(F)c1. The van der Waals surface area contributed by atoms with Gasteiger partial charge in [-0.3, -0.25) is 9.59 Å². The van der Waals surface area contributed by atoms with Gasteiger partial charge < -0.3 is 19.4 Å². The molecule has 4 saturated heterocycles. The van der Waals surface area contributed by atoms with Crippen LogP contribution < -0.4 is 9.80 Å². The van der Waals surface area contributed by atoms with E-state index < -0.39 is 5.41 Å². The molecule has 2 amide bonds. The monoisotopic (exact) mass is 415 g/mol. The summed E-state index contributed by atoms with van der Waals surface area (Å²) in [4.78, 5) is 31.2. The molecule has 4 aliphatic heterocycles. The molecule has 1 atom stereocenters.